The molecule has 4 nitrogen and oxygen atoms in total. The molecule has 1 rings (SSSR count). The van der Waals surface area contributed by atoms with Crippen LogP contribution < -0.4 is 5.56 Å². The van der Waals surface area contributed by atoms with Crippen molar-refractivity contribution < 1.29 is 5.11 Å². The summed E-state index contributed by atoms with van der Waals surface area (Å²) in [6.45, 7) is 6.07. The third-order valence-corrected chi connectivity index (χ3v) is 2.39. The molecule has 0 aliphatic carbocycles. The molecule has 0 radical (unpaired) electrons. The first kappa shape index (κ1) is 12.5. The van der Waals surface area contributed by atoms with E-state index < -0.39 is 0 Å². The second-order valence-corrected chi connectivity index (χ2v) is 4.67. The van der Waals surface area contributed by atoms with Gasteiger partial charge in [-0.25, -0.2) is 0 Å². The molecular weight excluding hydrogens is 204 g/mol. The first-order valence-corrected chi connectivity index (χ1v) is 5.17. The van der Waals surface area contributed by atoms with Crippen molar-refractivity contribution in [3.63, 3.8) is 0 Å². The highest BCUT2D eigenvalue weighted by atomic mass is 16.3. The minimum absolute atomic E-state index is 0.112. The number of hydrogen-bond acceptors (Lipinski definition) is 3. The Hall–Kier alpha value is -1.60. The zero-order chi connectivity index (χ0) is 12.3. The van der Waals surface area contributed by atoms with Crippen LogP contribution in [0.1, 0.15) is 32.0 Å². The molecular formula is C12H16N2O2. The van der Waals surface area contributed by atoms with Gasteiger partial charge in [0.05, 0.1) is 6.61 Å². The second-order valence-electron chi connectivity index (χ2n) is 4.67. The van der Waals surface area contributed by atoms with Gasteiger partial charge in [-0.1, -0.05) is 20.8 Å². The van der Waals surface area contributed by atoms with E-state index in [-0.39, 0.29) is 29.7 Å². The highest BCUT2D eigenvalue weighted by Gasteiger charge is 2.19. The maximum atomic E-state index is 11.9. The largest absolute Gasteiger partial charge is 0.395 e. The summed E-state index contributed by atoms with van der Waals surface area (Å²) < 4.78 is 1.47. The third kappa shape index (κ3) is 2.31. The van der Waals surface area contributed by atoms with Gasteiger partial charge in [-0.15, -0.1) is 0 Å². The number of aliphatic hydroxyl groups is 1. The number of hydrogen-bond donors (Lipinski definition) is 1. The highest BCUT2D eigenvalue weighted by molar-refractivity contribution is 5.29. The standard InChI is InChI=1S/C12H16N2O2/c1-12(2,3)10-5-4-9(8-13)11(16)14(10)6-7-15/h4-5,15H,6-7H2,1-3H3. The fourth-order valence-corrected chi connectivity index (χ4v) is 1.64. The van der Waals surface area contributed by atoms with Crippen molar-refractivity contribution in [1.82, 2.24) is 4.57 Å². The highest BCUT2D eigenvalue weighted by Crippen LogP contribution is 2.20. The average Bonchev–Trinajstić information content (AvgIpc) is 2.19. The smallest absolute Gasteiger partial charge is 0.268 e. The molecule has 1 aromatic heterocycles. The molecule has 1 N–H and O–H groups in total. The van der Waals surface area contributed by atoms with Crippen LogP contribution in [0.25, 0.3) is 0 Å². The van der Waals surface area contributed by atoms with Crippen LogP contribution in [0.4, 0.5) is 0 Å². The van der Waals surface area contributed by atoms with Crippen LogP contribution in [0.2, 0.25) is 0 Å². The van der Waals surface area contributed by atoms with Crippen LogP contribution in [-0.2, 0) is 12.0 Å². The van der Waals surface area contributed by atoms with Gasteiger partial charge in [-0.3, -0.25) is 4.79 Å². The van der Waals surface area contributed by atoms with Crippen molar-refractivity contribution in [1.29, 1.82) is 5.26 Å². The van der Waals surface area contributed by atoms with E-state index in [1.165, 1.54) is 10.6 Å². The van der Waals surface area contributed by atoms with E-state index in [2.05, 4.69) is 0 Å². The molecule has 0 bridgehead atoms. The lowest BCUT2D eigenvalue weighted by Crippen LogP contribution is -2.32. The monoisotopic (exact) mass is 220 g/mol. The molecule has 4 heteroatoms. The van der Waals surface area contributed by atoms with Crippen LogP contribution in [0.5, 0.6) is 0 Å². The molecule has 0 amide bonds. The molecule has 0 aromatic carbocycles. The van der Waals surface area contributed by atoms with E-state index >= 15 is 0 Å². The molecule has 16 heavy (non-hydrogen) atoms. The van der Waals surface area contributed by atoms with Gasteiger partial charge in [0.1, 0.15) is 11.6 Å². The summed E-state index contributed by atoms with van der Waals surface area (Å²) in [6, 6.07) is 5.17. The Kier molecular flexibility index (Phi) is 3.51. The minimum atomic E-state index is -0.330. The van der Waals surface area contributed by atoms with Crippen molar-refractivity contribution in [2.75, 3.05) is 6.61 Å². The summed E-state index contributed by atoms with van der Waals surface area (Å²) in [4.78, 5) is 11.9. The van der Waals surface area contributed by atoms with E-state index in [1.807, 2.05) is 26.8 Å². The van der Waals surface area contributed by atoms with Crippen molar-refractivity contribution in [2.24, 2.45) is 0 Å². The van der Waals surface area contributed by atoms with Gasteiger partial charge in [-0.2, -0.15) is 5.26 Å². The van der Waals surface area contributed by atoms with Gasteiger partial charge in [0.15, 0.2) is 0 Å². The lowest BCUT2D eigenvalue weighted by molar-refractivity contribution is 0.269. The number of aromatic nitrogens is 1. The van der Waals surface area contributed by atoms with Gasteiger partial charge in [0.25, 0.3) is 5.56 Å². The van der Waals surface area contributed by atoms with Crippen LogP contribution in [0, 0.1) is 11.3 Å². The third-order valence-electron chi connectivity index (χ3n) is 2.39. The molecule has 0 saturated heterocycles. The molecule has 1 aromatic rings. The summed E-state index contributed by atoms with van der Waals surface area (Å²) in [5.41, 5.74) is 0.415. The summed E-state index contributed by atoms with van der Waals surface area (Å²) in [6.07, 6.45) is 0. The minimum Gasteiger partial charge on any atom is -0.395 e. The van der Waals surface area contributed by atoms with Gasteiger partial charge in [0.2, 0.25) is 0 Å². The number of pyridine rings is 1. The zero-order valence-corrected chi connectivity index (χ0v) is 9.82. The zero-order valence-electron chi connectivity index (χ0n) is 9.82. The number of aliphatic hydroxyl groups excluding tert-OH is 1. The molecule has 0 saturated carbocycles. The second kappa shape index (κ2) is 4.50. The lowest BCUT2D eigenvalue weighted by atomic mass is 9.91. The molecule has 0 atom stereocenters. The van der Waals surface area contributed by atoms with Crippen LogP contribution in [0.15, 0.2) is 16.9 Å². The van der Waals surface area contributed by atoms with Crippen LogP contribution >= 0.6 is 0 Å². The van der Waals surface area contributed by atoms with E-state index in [4.69, 9.17) is 10.4 Å². The summed E-state index contributed by atoms with van der Waals surface area (Å²) >= 11 is 0. The van der Waals surface area contributed by atoms with Crippen molar-refractivity contribution in [3.8, 4) is 6.07 Å². The van der Waals surface area contributed by atoms with Gasteiger partial charge in [-0.05, 0) is 12.1 Å². The van der Waals surface area contributed by atoms with Gasteiger partial charge in [0, 0.05) is 17.7 Å². The fraction of sp³-hybridized carbons (Fsp3) is 0.500. The Balaban J connectivity index is 3.49. The summed E-state index contributed by atoms with van der Waals surface area (Å²) in [7, 11) is 0. The SMILES string of the molecule is CC(C)(C)c1ccc(C#N)c(=O)n1CCO. The maximum absolute atomic E-state index is 11.9. The van der Waals surface area contributed by atoms with Crippen molar-refractivity contribution in [3.05, 3.63) is 33.7 Å². The maximum Gasteiger partial charge on any atom is 0.268 e. The molecule has 86 valence electrons. The normalized spacial score (nSPS) is 11.2. The van der Waals surface area contributed by atoms with Crippen LogP contribution in [0.3, 0.4) is 0 Å². The predicted octanol–water partition coefficient (Wildman–Crippen LogP) is 1.01. The van der Waals surface area contributed by atoms with E-state index in [1.54, 1.807) is 6.07 Å². The predicted molar refractivity (Wildman–Crippen MR) is 61.2 cm³/mol. The first-order valence-electron chi connectivity index (χ1n) is 5.17. The molecule has 0 unspecified atom stereocenters. The quantitative estimate of drug-likeness (QED) is 0.808. The molecule has 0 aliphatic heterocycles. The number of nitriles is 1. The average molecular weight is 220 g/mol. The summed E-state index contributed by atoms with van der Waals surface area (Å²) in [5, 5.41) is 17.7. The number of rotatable bonds is 2. The molecule has 0 spiro atoms. The molecule has 0 fully saturated rings. The lowest BCUT2D eigenvalue weighted by Gasteiger charge is -2.23. The van der Waals surface area contributed by atoms with Gasteiger partial charge >= 0.3 is 0 Å². The number of nitrogens with zero attached hydrogens (tertiary/aromatic N) is 2. The Morgan fingerprint density at radius 3 is 2.50 bits per heavy atom. The molecule has 1 heterocycles. The topological polar surface area (TPSA) is 66.0 Å². The van der Waals surface area contributed by atoms with Crippen molar-refractivity contribution in [2.45, 2.75) is 32.7 Å². The molecule has 0 aliphatic rings. The van der Waals surface area contributed by atoms with E-state index in [0.717, 1.165) is 5.69 Å². The van der Waals surface area contributed by atoms with Crippen LogP contribution in [-0.4, -0.2) is 16.3 Å². The fourth-order valence-electron chi connectivity index (χ4n) is 1.64. The Morgan fingerprint density at radius 1 is 1.44 bits per heavy atom. The summed E-state index contributed by atoms with van der Waals surface area (Å²) in [5.74, 6) is 0. The van der Waals surface area contributed by atoms with Gasteiger partial charge < -0.3 is 9.67 Å². The van der Waals surface area contributed by atoms with E-state index in [0.29, 0.717) is 0 Å². The van der Waals surface area contributed by atoms with E-state index in [9.17, 15) is 4.79 Å². The van der Waals surface area contributed by atoms with Crippen molar-refractivity contribution >= 4 is 0 Å². The first-order chi connectivity index (χ1) is 7.41. The Morgan fingerprint density at radius 2 is 2.06 bits per heavy atom. The Bertz CT molecular complexity index is 475. The Labute approximate surface area is 94.8 Å².